The summed E-state index contributed by atoms with van der Waals surface area (Å²) in [5, 5.41) is 17.2. The molecule has 5 heteroatoms. The summed E-state index contributed by atoms with van der Waals surface area (Å²) < 4.78 is 2.84. The Morgan fingerprint density at radius 1 is 1.26 bits per heavy atom. The van der Waals surface area contributed by atoms with Crippen molar-refractivity contribution >= 4 is 15.9 Å². The third-order valence-electron chi connectivity index (χ3n) is 2.93. The van der Waals surface area contributed by atoms with E-state index in [1.807, 2.05) is 28.9 Å². The molecule has 0 aliphatic carbocycles. The van der Waals surface area contributed by atoms with Gasteiger partial charge in [0.2, 0.25) is 0 Å². The van der Waals surface area contributed by atoms with E-state index in [4.69, 9.17) is 5.26 Å². The molecule has 0 fully saturated rings. The lowest BCUT2D eigenvalue weighted by Crippen LogP contribution is -2.03. The molecule has 2 rings (SSSR count). The molecule has 0 unspecified atom stereocenters. The number of nitrogens with zero attached hydrogens (tertiary/aromatic N) is 4. The maximum absolute atomic E-state index is 9.14. The Balaban J connectivity index is 2.34. The topological polar surface area (TPSA) is 54.5 Å². The summed E-state index contributed by atoms with van der Waals surface area (Å²) in [5.41, 5.74) is 2.17. The van der Waals surface area contributed by atoms with Gasteiger partial charge in [-0.15, -0.1) is 5.10 Å². The zero-order valence-electron chi connectivity index (χ0n) is 10.8. The van der Waals surface area contributed by atoms with Crippen LogP contribution in [0.15, 0.2) is 28.7 Å². The van der Waals surface area contributed by atoms with Gasteiger partial charge in [-0.05, 0) is 18.6 Å². The van der Waals surface area contributed by atoms with Gasteiger partial charge >= 0.3 is 0 Å². The van der Waals surface area contributed by atoms with Gasteiger partial charge in [-0.3, -0.25) is 0 Å². The number of unbranched alkanes of at least 4 members (excludes halogenated alkanes) is 2. The van der Waals surface area contributed by atoms with Crippen molar-refractivity contribution in [3.05, 3.63) is 34.4 Å². The molecule has 1 heterocycles. The number of rotatable bonds is 5. The summed E-state index contributed by atoms with van der Waals surface area (Å²) in [7, 11) is 0. The summed E-state index contributed by atoms with van der Waals surface area (Å²) in [6.45, 7) is 2.96. The van der Waals surface area contributed by atoms with Gasteiger partial charge in [0.25, 0.3) is 0 Å². The maximum Gasteiger partial charge on any atom is 0.190 e. The molecule has 98 valence electrons. The Kier molecular flexibility index (Phi) is 4.69. The van der Waals surface area contributed by atoms with Gasteiger partial charge < -0.3 is 0 Å². The molecule has 0 aliphatic rings. The smallest absolute Gasteiger partial charge is 0.190 e. The summed E-state index contributed by atoms with van der Waals surface area (Å²) in [5.74, 6) is 0. The van der Waals surface area contributed by atoms with Crippen molar-refractivity contribution in [2.24, 2.45) is 0 Å². The van der Waals surface area contributed by atoms with Crippen LogP contribution in [0.2, 0.25) is 0 Å². The monoisotopic (exact) mass is 318 g/mol. The van der Waals surface area contributed by atoms with Gasteiger partial charge in [-0.2, -0.15) is 5.26 Å². The predicted octanol–water partition coefficient (Wildman–Crippen LogP) is 3.77. The van der Waals surface area contributed by atoms with Gasteiger partial charge in [-0.1, -0.05) is 53.0 Å². The summed E-state index contributed by atoms with van der Waals surface area (Å²) in [6.07, 6.45) is 3.36. The van der Waals surface area contributed by atoms with Gasteiger partial charge in [0.15, 0.2) is 5.69 Å². The van der Waals surface area contributed by atoms with Crippen molar-refractivity contribution in [2.75, 3.05) is 0 Å². The molecule has 0 bridgehead atoms. The second kappa shape index (κ2) is 6.48. The molecule has 0 radical (unpaired) electrons. The van der Waals surface area contributed by atoms with Crippen molar-refractivity contribution in [1.82, 2.24) is 15.0 Å². The number of aryl methyl sites for hydroxylation is 1. The van der Waals surface area contributed by atoms with Crippen molar-refractivity contribution in [1.29, 1.82) is 5.26 Å². The highest BCUT2D eigenvalue weighted by Crippen LogP contribution is 2.24. The van der Waals surface area contributed by atoms with E-state index in [0.717, 1.165) is 41.5 Å². The predicted molar refractivity (Wildman–Crippen MR) is 77.4 cm³/mol. The van der Waals surface area contributed by atoms with Crippen LogP contribution in [0.4, 0.5) is 0 Å². The fourth-order valence-electron chi connectivity index (χ4n) is 1.95. The van der Waals surface area contributed by atoms with Crippen LogP contribution in [-0.2, 0) is 6.54 Å². The highest BCUT2D eigenvalue weighted by molar-refractivity contribution is 9.10. The number of halogens is 1. The van der Waals surface area contributed by atoms with Gasteiger partial charge in [-0.25, -0.2) is 4.68 Å². The van der Waals surface area contributed by atoms with Crippen LogP contribution in [-0.4, -0.2) is 15.0 Å². The average molecular weight is 319 g/mol. The standard InChI is InChI=1S/C14H15BrN4/c1-2-3-4-9-19-14(13(10-16)17-18-19)11-5-7-12(15)8-6-11/h5-8H,2-4,9H2,1H3. The van der Waals surface area contributed by atoms with E-state index in [9.17, 15) is 0 Å². The number of hydrogen-bond acceptors (Lipinski definition) is 3. The first kappa shape index (κ1) is 13.8. The summed E-state index contributed by atoms with van der Waals surface area (Å²) in [6, 6.07) is 9.97. The van der Waals surface area contributed by atoms with Crippen LogP contribution in [0.25, 0.3) is 11.3 Å². The minimum absolute atomic E-state index is 0.388. The zero-order chi connectivity index (χ0) is 13.7. The first-order chi connectivity index (χ1) is 9.26. The van der Waals surface area contributed by atoms with E-state index < -0.39 is 0 Å². The first-order valence-electron chi connectivity index (χ1n) is 6.35. The number of nitriles is 1. The van der Waals surface area contributed by atoms with E-state index >= 15 is 0 Å². The minimum atomic E-state index is 0.388. The van der Waals surface area contributed by atoms with Crippen LogP contribution in [0.5, 0.6) is 0 Å². The Morgan fingerprint density at radius 3 is 2.63 bits per heavy atom. The van der Waals surface area contributed by atoms with Gasteiger partial charge in [0.05, 0.1) is 0 Å². The van der Waals surface area contributed by atoms with E-state index in [1.54, 1.807) is 0 Å². The molecule has 4 nitrogen and oxygen atoms in total. The van der Waals surface area contributed by atoms with E-state index in [-0.39, 0.29) is 0 Å². The Hall–Kier alpha value is -1.67. The zero-order valence-corrected chi connectivity index (χ0v) is 12.4. The molecule has 2 aromatic rings. The molecule has 1 aromatic carbocycles. The van der Waals surface area contributed by atoms with Gasteiger partial charge in [0.1, 0.15) is 11.8 Å². The number of hydrogen-bond donors (Lipinski definition) is 0. The van der Waals surface area contributed by atoms with Crippen molar-refractivity contribution in [2.45, 2.75) is 32.7 Å². The normalized spacial score (nSPS) is 10.4. The van der Waals surface area contributed by atoms with E-state index in [2.05, 4.69) is 39.2 Å². The Morgan fingerprint density at radius 2 is 2.00 bits per heavy atom. The molecule has 0 amide bonds. The lowest BCUT2D eigenvalue weighted by Gasteiger charge is -2.06. The van der Waals surface area contributed by atoms with Crippen LogP contribution in [0.3, 0.4) is 0 Å². The van der Waals surface area contributed by atoms with E-state index in [0.29, 0.717) is 5.69 Å². The fraction of sp³-hybridized carbons (Fsp3) is 0.357. The quantitative estimate of drug-likeness (QED) is 0.788. The third-order valence-corrected chi connectivity index (χ3v) is 3.46. The first-order valence-corrected chi connectivity index (χ1v) is 7.15. The number of benzene rings is 1. The SMILES string of the molecule is CCCCCn1nnc(C#N)c1-c1ccc(Br)cc1. The van der Waals surface area contributed by atoms with Gasteiger partial charge in [0, 0.05) is 16.6 Å². The third kappa shape index (κ3) is 3.21. The molecule has 0 N–H and O–H groups in total. The molecule has 0 atom stereocenters. The molecule has 19 heavy (non-hydrogen) atoms. The van der Waals surface area contributed by atoms with Crippen molar-refractivity contribution < 1.29 is 0 Å². The maximum atomic E-state index is 9.14. The molecule has 0 spiro atoms. The Labute approximate surface area is 121 Å². The molecule has 1 aromatic heterocycles. The largest absolute Gasteiger partial charge is 0.243 e. The Bertz CT molecular complexity index is 580. The molecular formula is C14H15BrN4. The minimum Gasteiger partial charge on any atom is -0.243 e. The average Bonchev–Trinajstić information content (AvgIpc) is 2.83. The molecule has 0 aliphatic heterocycles. The van der Waals surface area contributed by atoms with Crippen LogP contribution < -0.4 is 0 Å². The van der Waals surface area contributed by atoms with Crippen LogP contribution in [0.1, 0.15) is 31.9 Å². The molecular weight excluding hydrogens is 304 g/mol. The second-order valence-corrected chi connectivity index (χ2v) is 5.25. The summed E-state index contributed by atoms with van der Waals surface area (Å²) in [4.78, 5) is 0. The number of aromatic nitrogens is 3. The lowest BCUT2D eigenvalue weighted by atomic mass is 10.1. The fourth-order valence-corrected chi connectivity index (χ4v) is 2.21. The molecule has 0 saturated heterocycles. The summed E-state index contributed by atoms with van der Waals surface area (Å²) >= 11 is 3.41. The van der Waals surface area contributed by atoms with Crippen molar-refractivity contribution in [3.63, 3.8) is 0 Å². The highest BCUT2D eigenvalue weighted by Gasteiger charge is 2.14. The van der Waals surface area contributed by atoms with Crippen molar-refractivity contribution in [3.8, 4) is 17.3 Å². The van der Waals surface area contributed by atoms with Crippen LogP contribution >= 0.6 is 15.9 Å². The molecule has 0 saturated carbocycles. The van der Waals surface area contributed by atoms with E-state index in [1.165, 1.54) is 0 Å². The highest BCUT2D eigenvalue weighted by atomic mass is 79.9. The second-order valence-electron chi connectivity index (χ2n) is 4.34. The van der Waals surface area contributed by atoms with Crippen LogP contribution in [0, 0.1) is 11.3 Å². The lowest BCUT2D eigenvalue weighted by molar-refractivity contribution is 0.541.